The van der Waals surface area contributed by atoms with Crippen molar-refractivity contribution in [1.82, 2.24) is 0 Å². The van der Waals surface area contributed by atoms with Gasteiger partial charge in [0.05, 0.1) is 17.6 Å². The lowest BCUT2D eigenvalue weighted by atomic mass is 9.57. The van der Waals surface area contributed by atoms with Crippen LogP contribution >= 0.6 is 0 Å². The van der Waals surface area contributed by atoms with Crippen LogP contribution in [0.1, 0.15) is 56.0 Å². The Balaban J connectivity index is 1.69. The summed E-state index contributed by atoms with van der Waals surface area (Å²) in [4.78, 5) is 25.8. The zero-order chi connectivity index (χ0) is 22.4. The summed E-state index contributed by atoms with van der Waals surface area (Å²) in [6.45, 7) is 11.0. The highest BCUT2D eigenvalue weighted by molar-refractivity contribution is 6.74. The van der Waals surface area contributed by atoms with Gasteiger partial charge in [0.2, 0.25) is 11.4 Å². The molecule has 0 amide bonds. The van der Waals surface area contributed by atoms with Crippen molar-refractivity contribution in [3.63, 3.8) is 0 Å². The van der Waals surface area contributed by atoms with Gasteiger partial charge in [0.15, 0.2) is 8.32 Å². The number of phenols is 1. The molecule has 5 rings (SSSR count). The van der Waals surface area contributed by atoms with Crippen molar-refractivity contribution in [2.24, 2.45) is 5.92 Å². The third kappa shape index (κ3) is 2.57. The maximum Gasteiger partial charge on any atom is 0.204 e. The summed E-state index contributed by atoms with van der Waals surface area (Å²) in [5.41, 5.74) is -1.51. The van der Waals surface area contributed by atoms with Crippen LogP contribution in [0.3, 0.4) is 0 Å². The lowest BCUT2D eigenvalue weighted by Gasteiger charge is -2.50. The smallest absolute Gasteiger partial charge is 0.204 e. The van der Waals surface area contributed by atoms with E-state index in [1.54, 1.807) is 18.2 Å². The second-order valence-corrected chi connectivity index (χ2v) is 15.5. The first-order valence-electron chi connectivity index (χ1n) is 11.0. The molecule has 7 heteroatoms. The van der Waals surface area contributed by atoms with Crippen molar-refractivity contribution in [3.05, 3.63) is 47.1 Å². The number of aliphatic hydroxyl groups excluding tert-OH is 1. The number of fused-ring (bicyclic) bond motifs is 1. The molecule has 0 aromatic heterocycles. The highest BCUT2D eigenvalue weighted by Gasteiger charge is 2.72. The Morgan fingerprint density at radius 1 is 1.19 bits per heavy atom. The van der Waals surface area contributed by atoms with Crippen molar-refractivity contribution in [3.8, 4) is 5.75 Å². The maximum absolute atomic E-state index is 13.9. The van der Waals surface area contributed by atoms with Crippen LogP contribution in [-0.2, 0) is 14.2 Å². The number of benzene rings is 1. The third-order valence-electron chi connectivity index (χ3n) is 8.02. The average molecular weight is 443 g/mol. The van der Waals surface area contributed by atoms with Crippen molar-refractivity contribution >= 4 is 19.9 Å². The van der Waals surface area contributed by atoms with Crippen molar-refractivity contribution in [1.29, 1.82) is 0 Å². The van der Waals surface area contributed by atoms with Crippen LogP contribution in [0.15, 0.2) is 35.9 Å². The Morgan fingerprint density at radius 3 is 2.65 bits per heavy atom. The first kappa shape index (κ1) is 20.9. The zero-order valence-corrected chi connectivity index (χ0v) is 19.7. The zero-order valence-electron chi connectivity index (χ0n) is 18.7. The minimum absolute atomic E-state index is 0.0102. The quantitative estimate of drug-likeness (QED) is 0.492. The molecule has 4 aliphatic rings. The van der Waals surface area contributed by atoms with Crippen molar-refractivity contribution in [2.75, 3.05) is 0 Å². The first-order valence-corrected chi connectivity index (χ1v) is 13.9. The second kappa shape index (κ2) is 6.31. The number of hydrogen-bond acceptors (Lipinski definition) is 6. The third-order valence-corrected chi connectivity index (χ3v) is 12.5. The molecule has 0 radical (unpaired) electrons. The molecular weight excluding hydrogens is 412 g/mol. The number of ketones is 1. The van der Waals surface area contributed by atoms with E-state index >= 15 is 0 Å². The molecule has 1 saturated carbocycles. The molecule has 1 saturated heterocycles. The number of Topliss-reactive ketones (excluding diaryl/α,β-unsaturated/α-hetero) is 1. The van der Waals surface area contributed by atoms with Gasteiger partial charge in [-0.2, -0.15) is 0 Å². The summed E-state index contributed by atoms with van der Waals surface area (Å²) in [5.74, 6) is -0.978. The molecule has 1 spiro atoms. The maximum atomic E-state index is 13.9. The van der Waals surface area contributed by atoms with Gasteiger partial charge in [-0.3, -0.25) is 4.79 Å². The molecule has 1 aromatic carbocycles. The largest absolute Gasteiger partial charge is 0.507 e. The van der Waals surface area contributed by atoms with Gasteiger partial charge in [0.1, 0.15) is 17.1 Å². The van der Waals surface area contributed by atoms with E-state index in [-0.39, 0.29) is 39.6 Å². The van der Waals surface area contributed by atoms with E-state index in [2.05, 4.69) is 33.9 Å². The molecule has 1 heterocycles. The highest BCUT2D eigenvalue weighted by Crippen LogP contribution is 2.61. The normalized spacial score (nSPS) is 34.4. The number of rotatable bonds is 2. The molecule has 0 unspecified atom stereocenters. The van der Waals surface area contributed by atoms with Crippen LogP contribution in [-0.4, -0.2) is 41.6 Å². The summed E-state index contributed by atoms with van der Waals surface area (Å²) in [6, 6.07) is 4.69. The molecule has 4 atom stereocenters. The predicted octanol–water partition coefficient (Wildman–Crippen LogP) is 5.06. The van der Waals surface area contributed by atoms with Crippen LogP contribution in [0, 0.1) is 5.92 Å². The molecule has 2 bridgehead atoms. The Kier molecular flexibility index (Phi) is 4.27. The first-order chi connectivity index (χ1) is 14.4. The van der Waals surface area contributed by atoms with E-state index in [9.17, 15) is 15.0 Å². The van der Waals surface area contributed by atoms with Crippen LogP contribution < -0.4 is 0 Å². The number of carbonyl (C=O) groups excluding carboxylic acids is 1. The van der Waals surface area contributed by atoms with Gasteiger partial charge in [-0.1, -0.05) is 39.0 Å². The molecule has 1 aliphatic heterocycles. The SMILES string of the molecule is CC(C)(C)[Si](C)(C)O[C@@H]1CCC[C@]23C=CC4=C(O)c5c(O)cccc5C(=O)[C@@]4(OO2)[C@@H]13. The number of phenolic OH excluding ortho intramolecular Hbond substituents is 1. The number of carbonyl (C=O) groups is 1. The highest BCUT2D eigenvalue weighted by atomic mass is 28.4. The van der Waals surface area contributed by atoms with Crippen molar-refractivity contribution in [2.45, 2.75) is 75.5 Å². The van der Waals surface area contributed by atoms with Gasteiger partial charge in [0.25, 0.3) is 0 Å². The summed E-state index contributed by atoms with van der Waals surface area (Å²) >= 11 is 0. The minimum atomic E-state index is -2.15. The Bertz CT molecular complexity index is 1030. The lowest BCUT2D eigenvalue weighted by Crippen LogP contribution is -2.62. The minimum Gasteiger partial charge on any atom is -0.507 e. The fourth-order valence-corrected chi connectivity index (χ4v) is 6.80. The number of aliphatic hydroxyl groups is 1. The average Bonchev–Trinajstić information content (AvgIpc) is 2.93. The number of hydrogen-bond donors (Lipinski definition) is 2. The van der Waals surface area contributed by atoms with E-state index in [4.69, 9.17) is 14.2 Å². The van der Waals surface area contributed by atoms with Gasteiger partial charge in [0, 0.05) is 11.1 Å². The Morgan fingerprint density at radius 2 is 1.94 bits per heavy atom. The molecule has 31 heavy (non-hydrogen) atoms. The van der Waals surface area contributed by atoms with Crippen LogP contribution in [0.5, 0.6) is 5.75 Å². The summed E-state index contributed by atoms with van der Waals surface area (Å²) in [6.07, 6.45) is 5.83. The van der Waals surface area contributed by atoms with Gasteiger partial charge in [-0.15, -0.1) is 0 Å². The van der Waals surface area contributed by atoms with E-state index < -0.39 is 25.4 Å². The predicted molar refractivity (Wildman–Crippen MR) is 118 cm³/mol. The topological polar surface area (TPSA) is 85.2 Å². The van der Waals surface area contributed by atoms with Crippen molar-refractivity contribution < 1.29 is 29.2 Å². The Labute approximate surface area is 183 Å². The van der Waals surface area contributed by atoms with E-state index in [1.165, 1.54) is 6.07 Å². The molecule has 1 aromatic rings. The lowest BCUT2D eigenvalue weighted by molar-refractivity contribution is -0.322. The monoisotopic (exact) mass is 442 g/mol. The Hall–Kier alpha value is -1.93. The van der Waals surface area contributed by atoms with Gasteiger partial charge in [-0.25, -0.2) is 9.78 Å². The molecule has 3 aliphatic carbocycles. The van der Waals surface area contributed by atoms with Gasteiger partial charge < -0.3 is 14.6 Å². The number of aromatic hydroxyl groups is 1. The van der Waals surface area contributed by atoms with Gasteiger partial charge in [-0.05, 0) is 49.5 Å². The van der Waals surface area contributed by atoms with Crippen LogP contribution in [0.2, 0.25) is 18.1 Å². The summed E-state index contributed by atoms with van der Waals surface area (Å²) in [5, 5.41) is 21.5. The fourth-order valence-electron chi connectivity index (χ4n) is 5.44. The van der Waals surface area contributed by atoms with E-state index in [1.807, 2.05) is 6.08 Å². The van der Waals surface area contributed by atoms with Crippen LogP contribution in [0.25, 0.3) is 5.76 Å². The standard InChI is InChI=1S/C24H30O6Si/c1-22(2,3)31(4,5)28-17-10-7-12-23-13-11-15-19(26)18-14(8-6-9-16(18)25)21(27)24(15,20(17)23)30-29-23/h6,8-9,11,13,17,20,25-26H,7,10,12H2,1-5H3/t17-,20+,23-,24+/m1/s1. The summed E-state index contributed by atoms with van der Waals surface area (Å²) in [7, 11) is -2.15. The van der Waals surface area contributed by atoms with E-state index in [0.717, 1.165) is 19.3 Å². The molecule has 2 N–H and O–H groups in total. The fraction of sp³-hybridized carbons (Fsp3) is 0.542. The summed E-state index contributed by atoms with van der Waals surface area (Å²) < 4.78 is 6.87. The van der Waals surface area contributed by atoms with Gasteiger partial charge >= 0.3 is 0 Å². The molecule has 6 nitrogen and oxygen atoms in total. The second-order valence-electron chi connectivity index (χ2n) is 10.8. The van der Waals surface area contributed by atoms with Crippen LogP contribution in [0.4, 0.5) is 0 Å². The molecular formula is C24H30O6Si. The van der Waals surface area contributed by atoms with E-state index in [0.29, 0.717) is 5.57 Å². The molecule has 2 fully saturated rings. The molecule has 166 valence electrons.